The van der Waals surface area contributed by atoms with Crippen LogP contribution in [0.15, 0.2) is 36.7 Å². The number of benzene rings is 1. The number of piperidine rings is 1. The minimum Gasteiger partial charge on any atom is -0.461 e. The average Bonchev–Trinajstić information content (AvgIpc) is 3.02. The normalized spacial score (nSPS) is 18.5. The molecule has 3 rings (SSSR count). The van der Waals surface area contributed by atoms with E-state index >= 15 is 0 Å². The average molecular weight is 327 g/mol. The first-order valence-electron chi connectivity index (χ1n) is 8.68. The van der Waals surface area contributed by atoms with E-state index in [-0.39, 0.29) is 5.97 Å². The van der Waals surface area contributed by atoms with Crippen LogP contribution in [0.3, 0.4) is 0 Å². The zero-order chi connectivity index (χ0) is 16.9. The molecule has 0 radical (unpaired) electrons. The molecule has 2 heterocycles. The number of carbonyl (C=O) groups excluding carboxylic acids is 1. The van der Waals surface area contributed by atoms with Crippen LogP contribution < -0.4 is 0 Å². The molecule has 5 heteroatoms. The Bertz CT molecular complexity index is 681. The van der Waals surface area contributed by atoms with E-state index in [0.717, 1.165) is 24.3 Å². The van der Waals surface area contributed by atoms with E-state index in [1.54, 1.807) is 6.33 Å². The third kappa shape index (κ3) is 3.51. The smallest absolute Gasteiger partial charge is 0.359 e. The SMILES string of the molecule is CCOC(=O)c1ncn(CC2CCCCN2C)c1-c1ccccc1. The summed E-state index contributed by atoms with van der Waals surface area (Å²) >= 11 is 0. The molecule has 0 bridgehead atoms. The van der Waals surface area contributed by atoms with Gasteiger partial charge in [0.1, 0.15) is 0 Å². The Labute approximate surface area is 143 Å². The molecule has 2 aromatic rings. The summed E-state index contributed by atoms with van der Waals surface area (Å²) in [6.45, 7) is 4.14. The molecule has 1 aromatic heterocycles. The number of ether oxygens (including phenoxy) is 1. The van der Waals surface area contributed by atoms with Crippen LogP contribution in [0.25, 0.3) is 11.3 Å². The lowest BCUT2D eigenvalue weighted by Gasteiger charge is -2.33. The number of likely N-dealkylation sites (N-methyl/N-ethyl adjacent to an activating group) is 1. The molecule has 1 unspecified atom stereocenters. The van der Waals surface area contributed by atoms with E-state index in [0.29, 0.717) is 18.3 Å². The predicted molar refractivity (Wildman–Crippen MR) is 93.9 cm³/mol. The van der Waals surface area contributed by atoms with E-state index in [2.05, 4.69) is 21.5 Å². The molecular formula is C19H25N3O2. The first kappa shape index (κ1) is 16.7. The Kier molecular flexibility index (Phi) is 5.30. The molecule has 1 aliphatic heterocycles. The summed E-state index contributed by atoms with van der Waals surface area (Å²) in [5.41, 5.74) is 2.26. The molecule has 1 aliphatic rings. The van der Waals surface area contributed by atoms with Crippen molar-refractivity contribution in [3.8, 4) is 11.3 Å². The molecule has 1 fully saturated rings. The number of likely N-dealkylation sites (tertiary alicyclic amines) is 1. The summed E-state index contributed by atoms with van der Waals surface area (Å²) in [7, 11) is 2.18. The summed E-state index contributed by atoms with van der Waals surface area (Å²) in [6, 6.07) is 10.4. The molecule has 0 N–H and O–H groups in total. The fraction of sp³-hybridized carbons (Fsp3) is 0.474. The second-order valence-electron chi connectivity index (χ2n) is 6.31. The minimum atomic E-state index is -0.355. The molecular weight excluding hydrogens is 302 g/mol. The molecule has 1 aromatic carbocycles. The highest BCUT2D eigenvalue weighted by Gasteiger charge is 2.24. The van der Waals surface area contributed by atoms with E-state index in [1.165, 1.54) is 19.3 Å². The lowest BCUT2D eigenvalue weighted by molar-refractivity contribution is 0.0521. The van der Waals surface area contributed by atoms with E-state index in [9.17, 15) is 4.79 Å². The van der Waals surface area contributed by atoms with E-state index < -0.39 is 0 Å². The largest absolute Gasteiger partial charge is 0.461 e. The number of hydrogen-bond donors (Lipinski definition) is 0. The molecule has 1 saturated heterocycles. The van der Waals surface area contributed by atoms with Crippen molar-refractivity contribution < 1.29 is 9.53 Å². The zero-order valence-corrected chi connectivity index (χ0v) is 14.4. The van der Waals surface area contributed by atoms with Gasteiger partial charge in [-0.2, -0.15) is 0 Å². The van der Waals surface area contributed by atoms with Gasteiger partial charge in [0.15, 0.2) is 5.69 Å². The minimum absolute atomic E-state index is 0.352. The Morgan fingerprint density at radius 3 is 2.79 bits per heavy atom. The molecule has 5 nitrogen and oxygen atoms in total. The Hall–Kier alpha value is -2.14. The van der Waals surface area contributed by atoms with Gasteiger partial charge in [0.25, 0.3) is 0 Å². The maximum absolute atomic E-state index is 12.3. The van der Waals surface area contributed by atoms with Gasteiger partial charge in [-0.05, 0) is 33.4 Å². The number of aromatic nitrogens is 2. The topological polar surface area (TPSA) is 47.4 Å². The molecule has 1 atom stereocenters. The van der Waals surface area contributed by atoms with Crippen molar-refractivity contribution in [2.45, 2.75) is 38.8 Å². The highest BCUT2D eigenvalue weighted by molar-refractivity contribution is 5.94. The van der Waals surface area contributed by atoms with Gasteiger partial charge in [0, 0.05) is 18.2 Å². The maximum Gasteiger partial charge on any atom is 0.359 e. The van der Waals surface area contributed by atoms with Gasteiger partial charge in [-0.3, -0.25) is 0 Å². The highest BCUT2D eigenvalue weighted by Crippen LogP contribution is 2.26. The summed E-state index contributed by atoms with van der Waals surface area (Å²) in [4.78, 5) is 19.1. The van der Waals surface area contributed by atoms with Crippen molar-refractivity contribution in [3.05, 3.63) is 42.4 Å². The lowest BCUT2D eigenvalue weighted by atomic mass is 10.0. The number of carbonyl (C=O) groups is 1. The Balaban J connectivity index is 1.95. The van der Waals surface area contributed by atoms with Crippen molar-refractivity contribution >= 4 is 5.97 Å². The fourth-order valence-corrected chi connectivity index (χ4v) is 3.37. The maximum atomic E-state index is 12.3. The Morgan fingerprint density at radius 2 is 2.08 bits per heavy atom. The number of hydrogen-bond acceptors (Lipinski definition) is 4. The van der Waals surface area contributed by atoms with Gasteiger partial charge >= 0.3 is 5.97 Å². The first-order chi connectivity index (χ1) is 11.7. The van der Waals surface area contributed by atoms with Crippen LogP contribution in [-0.2, 0) is 11.3 Å². The summed E-state index contributed by atoms with van der Waals surface area (Å²) < 4.78 is 7.29. The van der Waals surface area contributed by atoms with Crippen molar-refractivity contribution in [3.63, 3.8) is 0 Å². The van der Waals surface area contributed by atoms with Crippen LogP contribution >= 0.6 is 0 Å². The van der Waals surface area contributed by atoms with Crippen LogP contribution in [0.2, 0.25) is 0 Å². The highest BCUT2D eigenvalue weighted by atomic mass is 16.5. The van der Waals surface area contributed by atoms with E-state index in [4.69, 9.17) is 4.74 Å². The molecule has 24 heavy (non-hydrogen) atoms. The third-order valence-electron chi connectivity index (χ3n) is 4.68. The zero-order valence-electron chi connectivity index (χ0n) is 14.4. The van der Waals surface area contributed by atoms with Crippen molar-refractivity contribution in [1.29, 1.82) is 0 Å². The number of nitrogens with zero attached hydrogens (tertiary/aromatic N) is 3. The van der Waals surface area contributed by atoms with Gasteiger partial charge in [0.2, 0.25) is 0 Å². The summed E-state index contributed by atoms with van der Waals surface area (Å²) in [5.74, 6) is -0.355. The van der Waals surface area contributed by atoms with Crippen LogP contribution in [0.5, 0.6) is 0 Å². The van der Waals surface area contributed by atoms with Crippen LogP contribution in [-0.4, -0.2) is 46.7 Å². The van der Waals surface area contributed by atoms with Crippen molar-refractivity contribution in [2.75, 3.05) is 20.2 Å². The van der Waals surface area contributed by atoms with Gasteiger partial charge in [0.05, 0.1) is 18.6 Å². The van der Waals surface area contributed by atoms with Crippen LogP contribution in [0.1, 0.15) is 36.7 Å². The van der Waals surface area contributed by atoms with Gasteiger partial charge in [-0.1, -0.05) is 36.8 Å². The molecule has 0 saturated carbocycles. The lowest BCUT2D eigenvalue weighted by Crippen LogP contribution is -2.39. The van der Waals surface area contributed by atoms with Crippen LogP contribution in [0, 0.1) is 0 Å². The molecule has 0 amide bonds. The summed E-state index contributed by atoms with van der Waals surface area (Å²) in [6.07, 6.45) is 5.47. The standard InChI is InChI=1S/C19H25N3O2/c1-3-24-19(23)17-18(15-9-5-4-6-10-15)22(14-20-17)13-16-11-7-8-12-21(16)2/h4-6,9-10,14,16H,3,7-8,11-13H2,1-2H3. The molecule has 128 valence electrons. The van der Waals surface area contributed by atoms with E-state index in [1.807, 2.05) is 37.3 Å². The first-order valence-corrected chi connectivity index (χ1v) is 8.68. The number of rotatable bonds is 5. The van der Waals surface area contributed by atoms with Crippen LogP contribution in [0.4, 0.5) is 0 Å². The second-order valence-corrected chi connectivity index (χ2v) is 6.31. The summed E-state index contributed by atoms with van der Waals surface area (Å²) in [5, 5.41) is 0. The molecule has 0 aliphatic carbocycles. The monoisotopic (exact) mass is 327 g/mol. The number of imidazole rings is 1. The predicted octanol–water partition coefficient (Wildman–Crippen LogP) is 3.21. The Morgan fingerprint density at radius 1 is 1.29 bits per heavy atom. The van der Waals surface area contributed by atoms with Gasteiger partial charge < -0.3 is 14.2 Å². The van der Waals surface area contributed by atoms with Crippen molar-refractivity contribution in [2.24, 2.45) is 0 Å². The third-order valence-corrected chi connectivity index (χ3v) is 4.68. The molecule has 0 spiro atoms. The number of esters is 1. The quantitative estimate of drug-likeness (QED) is 0.791. The van der Waals surface area contributed by atoms with Gasteiger partial charge in [-0.25, -0.2) is 9.78 Å². The second kappa shape index (κ2) is 7.62. The van der Waals surface area contributed by atoms with Gasteiger partial charge in [-0.15, -0.1) is 0 Å². The van der Waals surface area contributed by atoms with Crippen molar-refractivity contribution in [1.82, 2.24) is 14.5 Å². The fourth-order valence-electron chi connectivity index (χ4n) is 3.37.